The van der Waals surface area contributed by atoms with Gasteiger partial charge in [-0.05, 0) is 30.5 Å². The quantitative estimate of drug-likeness (QED) is 0.555. The predicted molar refractivity (Wildman–Crippen MR) is 60.7 cm³/mol. The van der Waals surface area contributed by atoms with Gasteiger partial charge in [-0.2, -0.15) is 0 Å². The summed E-state index contributed by atoms with van der Waals surface area (Å²) in [6.45, 7) is 1.55. The highest BCUT2D eigenvalue weighted by Gasteiger charge is 2.07. The lowest BCUT2D eigenvalue weighted by molar-refractivity contribution is 0.102. The summed E-state index contributed by atoms with van der Waals surface area (Å²) < 4.78 is 1.00. The lowest BCUT2D eigenvalue weighted by Gasteiger charge is -1.98. The van der Waals surface area contributed by atoms with E-state index < -0.39 is 0 Å². The van der Waals surface area contributed by atoms with Gasteiger partial charge >= 0.3 is 0 Å². The molecule has 0 amide bonds. The fourth-order valence-corrected chi connectivity index (χ4v) is 2.28. The van der Waals surface area contributed by atoms with Crippen molar-refractivity contribution in [3.8, 4) is 0 Å². The zero-order valence-electron chi connectivity index (χ0n) is 7.70. The molecule has 0 unspecified atom stereocenters. The number of nitrogens with two attached hydrogens (primary N) is 2. The van der Waals surface area contributed by atoms with E-state index in [-0.39, 0.29) is 5.78 Å². The number of carbonyl (C=O) groups is 1. The third-order valence-corrected chi connectivity index (χ3v) is 3.27. The minimum Gasteiger partial charge on any atom is -0.397 e. The summed E-state index contributed by atoms with van der Waals surface area (Å²) in [4.78, 5) is 11.9. The highest BCUT2D eigenvalue weighted by molar-refractivity contribution is 7.20. The average Bonchev–Trinajstić information content (AvgIpc) is 2.48. The van der Waals surface area contributed by atoms with Crippen LogP contribution in [0.1, 0.15) is 16.6 Å². The second kappa shape index (κ2) is 2.99. The van der Waals surface area contributed by atoms with Crippen LogP contribution in [0.3, 0.4) is 0 Å². The summed E-state index contributed by atoms with van der Waals surface area (Å²) in [5.41, 5.74) is 12.5. The zero-order valence-corrected chi connectivity index (χ0v) is 8.52. The van der Waals surface area contributed by atoms with Crippen LogP contribution < -0.4 is 11.5 Å². The van der Waals surface area contributed by atoms with Crippen molar-refractivity contribution in [3.63, 3.8) is 0 Å². The lowest BCUT2D eigenvalue weighted by Crippen LogP contribution is -1.92. The zero-order chi connectivity index (χ0) is 10.3. The number of nitrogen functional groups attached to an aromatic ring is 2. The maximum atomic E-state index is 11.1. The van der Waals surface area contributed by atoms with Crippen LogP contribution in [-0.2, 0) is 0 Å². The Balaban J connectivity index is 2.72. The molecule has 0 bridgehead atoms. The molecule has 0 radical (unpaired) electrons. The molecule has 72 valence electrons. The van der Waals surface area contributed by atoms with Crippen LogP contribution in [0.5, 0.6) is 0 Å². The first-order chi connectivity index (χ1) is 6.58. The number of ketones is 1. The van der Waals surface area contributed by atoms with Crippen molar-refractivity contribution in [3.05, 3.63) is 23.1 Å². The van der Waals surface area contributed by atoms with E-state index in [9.17, 15) is 4.79 Å². The van der Waals surface area contributed by atoms with Crippen LogP contribution in [0.15, 0.2) is 18.2 Å². The molecule has 2 aromatic rings. The Morgan fingerprint density at radius 1 is 1.21 bits per heavy atom. The molecule has 1 aromatic carbocycles. The number of hydrogen-bond donors (Lipinski definition) is 2. The van der Waals surface area contributed by atoms with E-state index >= 15 is 0 Å². The highest BCUT2D eigenvalue weighted by Crippen LogP contribution is 2.30. The molecule has 2 rings (SSSR count). The third-order valence-electron chi connectivity index (χ3n) is 2.07. The first-order valence-electron chi connectivity index (χ1n) is 4.17. The van der Waals surface area contributed by atoms with E-state index in [1.54, 1.807) is 13.0 Å². The molecule has 0 saturated heterocycles. The predicted octanol–water partition coefficient (Wildman–Crippen LogP) is 2.27. The van der Waals surface area contributed by atoms with E-state index in [1.165, 1.54) is 11.3 Å². The number of thiophene rings is 1. The molecular weight excluding hydrogens is 196 g/mol. The highest BCUT2D eigenvalue weighted by atomic mass is 32.1. The van der Waals surface area contributed by atoms with Crippen molar-refractivity contribution >= 4 is 38.6 Å². The van der Waals surface area contributed by atoms with E-state index in [1.807, 2.05) is 12.1 Å². The number of anilines is 2. The van der Waals surface area contributed by atoms with Gasteiger partial charge in [-0.3, -0.25) is 4.79 Å². The summed E-state index contributed by atoms with van der Waals surface area (Å²) in [5.74, 6) is 0.0725. The fraction of sp³-hybridized carbons (Fsp3) is 0.100. The lowest BCUT2D eigenvalue weighted by atomic mass is 10.2. The van der Waals surface area contributed by atoms with Crippen molar-refractivity contribution in [2.24, 2.45) is 0 Å². The van der Waals surface area contributed by atoms with Crippen LogP contribution in [0, 0.1) is 0 Å². The second-order valence-corrected chi connectivity index (χ2v) is 4.27. The molecule has 0 aliphatic rings. The molecule has 0 fully saturated rings. The Morgan fingerprint density at radius 2 is 1.86 bits per heavy atom. The number of carbonyl (C=O) groups excluding carboxylic acids is 1. The Bertz CT molecular complexity index is 477. The summed E-state index contributed by atoms with van der Waals surface area (Å²) in [5, 5.41) is 0.979. The molecule has 0 saturated carbocycles. The van der Waals surface area contributed by atoms with E-state index in [4.69, 9.17) is 11.5 Å². The van der Waals surface area contributed by atoms with Gasteiger partial charge in [-0.15, -0.1) is 11.3 Å². The summed E-state index contributed by atoms with van der Waals surface area (Å²) in [7, 11) is 0. The van der Waals surface area contributed by atoms with Crippen LogP contribution in [0.25, 0.3) is 10.1 Å². The Morgan fingerprint density at radius 3 is 2.50 bits per heavy atom. The largest absolute Gasteiger partial charge is 0.397 e. The Kier molecular flexibility index (Phi) is 1.93. The molecule has 1 heterocycles. The molecule has 1 aromatic heterocycles. The topological polar surface area (TPSA) is 69.1 Å². The first kappa shape index (κ1) is 9.02. The summed E-state index contributed by atoms with van der Waals surface area (Å²) in [6, 6.07) is 5.45. The molecule has 0 aliphatic heterocycles. The van der Waals surface area contributed by atoms with Gasteiger partial charge in [-0.25, -0.2) is 0 Å². The minimum atomic E-state index is 0.0725. The van der Waals surface area contributed by atoms with Crippen LogP contribution >= 0.6 is 11.3 Å². The standard InChI is InChI=1S/C10H10N2OS/c1-5(13)9-3-6-2-7(11)8(12)4-10(6)14-9/h2-4H,11-12H2,1H3. The smallest absolute Gasteiger partial charge is 0.169 e. The maximum absolute atomic E-state index is 11.1. The second-order valence-electron chi connectivity index (χ2n) is 3.19. The van der Waals surface area contributed by atoms with E-state index in [0.29, 0.717) is 11.4 Å². The third kappa shape index (κ3) is 1.33. The van der Waals surface area contributed by atoms with Gasteiger partial charge in [0.1, 0.15) is 0 Å². The van der Waals surface area contributed by atoms with E-state index in [2.05, 4.69) is 0 Å². The van der Waals surface area contributed by atoms with Gasteiger partial charge in [-0.1, -0.05) is 0 Å². The Hall–Kier alpha value is -1.55. The van der Waals surface area contributed by atoms with Crippen LogP contribution in [0.4, 0.5) is 11.4 Å². The van der Waals surface area contributed by atoms with Gasteiger partial charge in [0.25, 0.3) is 0 Å². The van der Waals surface area contributed by atoms with Gasteiger partial charge in [0.05, 0.1) is 16.3 Å². The van der Waals surface area contributed by atoms with Gasteiger partial charge in [0, 0.05) is 4.70 Å². The van der Waals surface area contributed by atoms with Crippen molar-refractivity contribution < 1.29 is 4.79 Å². The van der Waals surface area contributed by atoms with Crippen molar-refractivity contribution in [2.45, 2.75) is 6.92 Å². The number of rotatable bonds is 1. The molecular formula is C10H10N2OS. The normalized spacial score (nSPS) is 10.6. The average molecular weight is 206 g/mol. The van der Waals surface area contributed by atoms with E-state index in [0.717, 1.165) is 15.0 Å². The van der Waals surface area contributed by atoms with Crippen molar-refractivity contribution in [1.82, 2.24) is 0 Å². The molecule has 0 atom stereocenters. The molecule has 4 heteroatoms. The summed E-state index contributed by atoms with van der Waals surface area (Å²) in [6.07, 6.45) is 0. The SMILES string of the molecule is CC(=O)c1cc2cc(N)c(N)cc2s1. The maximum Gasteiger partial charge on any atom is 0.169 e. The first-order valence-corrected chi connectivity index (χ1v) is 4.99. The summed E-state index contributed by atoms with van der Waals surface area (Å²) >= 11 is 1.44. The van der Waals surface area contributed by atoms with Gasteiger partial charge in [0.15, 0.2) is 5.78 Å². The molecule has 14 heavy (non-hydrogen) atoms. The van der Waals surface area contributed by atoms with Gasteiger partial charge < -0.3 is 11.5 Å². The van der Waals surface area contributed by atoms with Crippen LogP contribution in [0.2, 0.25) is 0 Å². The van der Waals surface area contributed by atoms with Crippen molar-refractivity contribution in [2.75, 3.05) is 11.5 Å². The molecule has 0 spiro atoms. The number of Topliss-reactive ketones (excluding diaryl/α,β-unsaturated/α-hetero) is 1. The molecule has 0 aliphatic carbocycles. The molecule has 3 nitrogen and oxygen atoms in total. The number of fused-ring (bicyclic) bond motifs is 1. The number of hydrogen-bond acceptors (Lipinski definition) is 4. The molecule has 4 N–H and O–H groups in total. The minimum absolute atomic E-state index is 0.0725. The fourth-order valence-electron chi connectivity index (χ4n) is 1.29. The Labute approximate surface area is 85.3 Å². The van der Waals surface area contributed by atoms with Crippen molar-refractivity contribution in [1.29, 1.82) is 0 Å². The van der Waals surface area contributed by atoms with Crippen LogP contribution in [-0.4, -0.2) is 5.78 Å². The van der Waals surface area contributed by atoms with Gasteiger partial charge in [0.2, 0.25) is 0 Å². The monoisotopic (exact) mass is 206 g/mol. The number of benzene rings is 1.